The number of halogens is 2. The average Bonchev–Trinajstić information content (AvgIpc) is 2.44. The minimum Gasteiger partial charge on any atom is -0.308 e. The summed E-state index contributed by atoms with van der Waals surface area (Å²) in [6.07, 6.45) is 2.90. The molecule has 1 aromatic heterocycles. The van der Waals surface area contributed by atoms with E-state index in [9.17, 15) is 9.59 Å². The minimum atomic E-state index is -0.669. The summed E-state index contributed by atoms with van der Waals surface area (Å²) in [5.41, 5.74) is 0.715. The van der Waals surface area contributed by atoms with Crippen LogP contribution in [0.1, 0.15) is 10.4 Å². The molecule has 0 bridgehead atoms. The first kappa shape index (κ1) is 14.3. The van der Waals surface area contributed by atoms with Gasteiger partial charge in [-0.15, -0.1) is 0 Å². The van der Waals surface area contributed by atoms with E-state index in [1.807, 2.05) is 0 Å². The van der Waals surface area contributed by atoms with Gasteiger partial charge in [0.1, 0.15) is 0 Å². The van der Waals surface area contributed by atoms with Crippen LogP contribution < -0.4 is 10.6 Å². The number of hydrogen-bond donors (Lipinski definition) is 2. The van der Waals surface area contributed by atoms with Crippen LogP contribution in [0.5, 0.6) is 0 Å². The lowest BCUT2D eigenvalue weighted by atomic mass is 10.3. The number of anilines is 1. The molecule has 2 rings (SSSR count). The summed E-state index contributed by atoms with van der Waals surface area (Å²) >= 11 is 11.6. The van der Waals surface area contributed by atoms with Crippen molar-refractivity contribution in [1.29, 1.82) is 0 Å². The maximum Gasteiger partial charge on any atom is 0.326 e. The number of benzene rings is 1. The molecule has 0 saturated heterocycles. The SMILES string of the molecule is O=C(NC(=O)c1cccnc1)Nc1ccc(Cl)c(Cl)c1. The van der Waals surface area contributed by atoms with Gasteiger partial charge in [0.25, 0.3) is 5.91 Å². The molecule has 2 aromatic rings. The van der Waals surface area contributed by atoms with Gasteiger partial charge in [-0.2, -0.15) is 0 Å². The number of hydrogen-bond acceptors (Lipinski definition) is 3. The summed E-state index contributed by atoms with van der Waals surface area (Å²) < 4.78 is 0. The minimum absolute atomic E-state index is 0.289. The van der Waals surface area contributed by atoms with Gasteiger partial charge in [0.15, 0.2) is 0 Å². The number of nitrogens with one attached hydrogen (secondary N) is 2. The first-order valence-corrected chi connectivity index (χ1v) is 6.29. The average molecular weight is 310 g/mol. The molecular weight excluding hydrogens is 301 g/mol. The summed E-state index contributed by atoms with van der Waals surface area (Å²) in [4.78, 5) is 27.2. The smallest absolute Gasteiger partial charge is 0.308 e. The van der Waals surface area contributed by atoms with E-state index >= 15 is 0 Å². The number of pyridine rings is 1. The van der Waals surface area contributed by atoms with Gasteiger partial charge in [-0.3, -0.25) is 15.1 Å². The summed E-state index contributed by atoms with van der Waals surface area (Å²) in [6, 6.07) is 7.08. The fourth-order valence-electron chi connectivity index (χ4n) is 1.41. The van der Waals surface area contributed by atoms with E-state index in [4.69, 9.17) is 23.2 Å². The molecule has 102 valence electrons. The Balaban J connectivity index is 1.99. The fourth-order valence-corrected chi connectivity index (χ4v) is 1.71. The van der Waals surface area contributed by atoms with Crippen molar-refractivity contribution in [3.8, 4) is 0 Å². The van der Waals surface area contributed by atoms with E-state index in [1.54, 1.807) is 24.3 Å². The van der Waals surface area contributed by atoms with E-state index in [0.717, 1.165) is 0 Å². The fraction of sp³-hybridized carbons (Fsp3) is 0. The number of carbonyl (C=O) groups is 2. The van der Waals surface area contributed by atoms with Crippen molar-refractivity contribution >= 4 is 40.8 Å². The highest BCUT2D eigenvalue weighted by Gasteiger charge is 2.10. The molecular formula is C13H9Cl2N3O2. The Morgan fingerprint density at radius 1 is 1.10 bits per heavy atom. The third-order valence-corrected chi connectivity index (χ3v) is 3.07. The standard InChI is InChI=1S/C13H9Cl2N3O2/c14-10-4-3-9(6-11(10)15)17-13(20)18-12(19)8-2-1-5-16-7-8/h1-7H,(H2,17,18,19,20). The number of urea groups is 1. The van der Waals surface area contributed by atoms with Crippen molar-refractivity contribution in [3.05, 3.63) is 58.3 Å². The molecule has 0 aliphatic heterocycles. The van der Waals surface area contributed by atoms with E-state index in [1.165, 1.54) is 18.5 Å². The van der Waals surface area contributed by atoms with Gasteiger partial charge in [-0.1, -0.05) is 23.2 Å². The summed E-state index contributed by atoms with van der Waals surface area (Å²) in [6.45, 7) is 0. The van der Waals surface area contributed by atoms with Crippen molar-refractivity contribution in [2.75, 3.05) is 5.32 Å². The maximum atomic E-state index is 11.7. The van der Waals surface area contributed by atoms with Crippen molar-refractivity contribution < 1.29 is 9.59 Å². The van der Waals surface area contributed by atoms with Crippen LogP contribution >= 0.6 is 23.2 Å². The first-order valence-electron chi connectivity index (χ1n) is 5.53. The molecule has 0 radical (unpaired) electrons. The molecule has 2 N–H and O–H groups in total. The third-order valence-electron chi connectivity index (χ3n) is 2.33. The van der Waals surface area contributed by atoms with Crippen molar-refractivity contribution in [1.82, 2.24) is 10.3 Å². The second kappa shape index (κ2) is 6.36. The van der Waals surface area contributed by atoms with E-state index in [0.29, 0.717) is 15.7 Å². The Hall–Kier alpha value is -2.11. The molecule has 0 unspecified atom stereocenters. The van der Waals surface area contributed by atoms with Gasteiger partial charge in [-0.25, -0.2) is 4.79 Å². The quantitative estimate of drug-likeness (QED) is 0.893. The van der Waals surface area contributed by atoms with Gasteiger partial charge in [0, 0.05) is 18.1 Å². The number of amides is 3. The van der Waals surface area contributed by atoms with E-state index < -0.39 is 11.9 Å². The Morgan fingerprint density at radius 3 is 2.55 bits per heavy atom. The molecule has 5 nitrogen and oxygen atoms in total. The zero-order valence-electron chi connectivity index (χ0n) is 10.1. The van der Waals surface area contributed by atoms with E-state index in [2.05, 4.69) is 15.6 Å². The highest BCUT2D eigenvalue weighted by molar-refractivity contribution is 6.42. The molecule has 1 heterocycles. The predicted molar refractivity (Wildman–Crippen MR) is 77.2 cm³/mol. The molecule has 0 spiro atoms. The van der Waals surface area contributed by atoms with Crippen LogP contribution in [0.3, 0.4) is 0 Å². The number of carbonyl (C=O) groups excluding carboxylic acids is 2. The van der Waals surface area contributed by atoms with Crippen molar-refractivity contribution in [2.24, 2.45) is 0 Å². The lowest BCUT2D eigenvalue weighted by Gasteiger charge is -2.07. The monoisotopic (exact) mass is 309 g/mol. The Morgan fingerprint density at radius 2 is 1.90 bits per heavy atom. The highest BCUT2D eigenvalue weighted by Crippen LogP contribution is 2.24. The van der Waals surface area contributed by atoms with Gasteiger partial charge in [0.2, 0.25) is 0 Å². The summed E-state index contributed by atoms with van der Waals surface area (Å²) in [7, 11) is 0. The summed E-state index contributed by atoms with van der Waals surface area (Å²) in [5, 5.41) is 5.34. The third kappa shape index (κ3) is 3.69. The lowest BCUT2D eigenvalue weighted by molar-refractivity contribution is 0.0967. The topological polar surface area (TPSA) is 71.1 Å². The van der Waals surface area contributed by atoms with Gasteiger partial charge >= 0.3 is 6.03 Å². The van der Waals surface area contributed by atoms with Crippen molar-refractivity contribution in [3.63, 3.8) is 0 Å². The Labute approximate surface area is 124 Å². The zero-order chi connectivity index (χ0) is 14.5. The Kier molecular flexibility index (Phi) is 4.55. The molecule has 0 aliphatic carbocycles. The molecule has 20 heavy (non-hydrogen) atoms. The van der Waals surface area contributed by atoms with Crippen molar-refractivity contribution in [2.45, 2.75) is 0 Å². The highest BCUT2D eigenvalue weighted by atomic mass is 35.5. The molecule has 7 heteroatoms. The summed E-state index contributed by atoms with van der Waals surface area (Å²) in [5.74, 6) is -0.546. The molecule has 1 aromatic carbocycles. The normalized spacial score (nSPS) is 9.90. The van der Waals surface area contributed by atoms with Crippen LogP contribution in [0, 0.1) is 0 Å². The van der Waals surface area contributed by atoms with Crippen LogP contribution in [0.25, 0.3) is 0 Å². The van der Waals surface area contributed by atoms with Crippen LogP contribution in [0.15, 0.2) is 42.7 Å². The van der Waals surface area contributed by atoms with Crippen LogP contribution in [-0.2, 0) is 0 Å². The van der Waals surface area contributed by atoms with Gasteiger partial charge < -0.3 is 5.32 Å². The number of imide groups is 1. The second-order valence-corrected chi connectivity index (χ2v) is 4.59. The van der Waals surface area contributed by atoms with Gasteiger partial charge in [-0.05, 0) is 30.3 Å². The zero-order valence-corrected chi connectivity index (χ0v) is 11.6. The number of nitrogens with zero attached hydrogens (tertiary/aromatic N) is 1. The number of rotatable bonds is 2. The number of aromatic nitrogens is 1. The molecule has 0 aliphatic rings. The van der Waals surface area contributed by atoms with E-state index in [-0.39, 0.29) is 5.56 Å². The van der Waals surface area contributed by atoms with Crippen LogP contribution in [0.2, 0.25) is 10.0 Å². The lowest BCUT2D eigenvalue weighted by Crippen LogP contribution is -2.34. The maximum absolute atomic E-state index is 11.7. The molecule has 0 fully saturated rings. The first-order chi connectivity index (χ1) is 9.56. The Bertz CT molecular complexity index is 647. The second-order valence-electron chi connectivity index (χ2n) is 3.78. The van der Waals surface area contributed by atoms with Crippen LogP contribution in [-0.4, -0.2) is 16.9 Å². The molecule has 3 amide bonds. The molecule has 0 saturated carbocycles. The molecule has 0 atom stereocenters. The largest absolute Gasteiger partial charge is 0.326 e. The van der Waals surface area contributed by atoms with Crippen LogP contribution in [0.4, 0.5) is 10.5 Å². The predicted octanol–water partition coefficient (Wildman–Crippen LogP) is 3.35. The van der Waals surface area contributed by atoms with Gasteiger partial charge in [0.05, 0.1) is 15.6 Å².